The van der Waals surface area contributed by atoms with E-state index in [1.807, 2.05) is 4.90 Å². The van der Waals surface area contributed by atoms with Crippen molar-refractivity contribution in [2.45, 2.75) is 38.5 Å². The first-order valence-corrected chi connectivity index (χ1v) is 7.74. The van der Waals surface area contributed by atoms with Crippen molar-refractivity contribution in [2.24, 2.45) is 11.8 Å². The molecular weight excluding hydrogens is 272 g/mol. The lowest BCUT2D eigenvalue weighted by atomic mass is 9.95. The van der Waals surface area contributed by atoms with Gasteiger partial charge in [-0.25, -0.2) is 0 Å². The van der Waals surface area contributed by atoms with Gasteiger partial charge >= 0.3 is 5.97 Å². The van der Waals surface area contributed by atoms with Crippen molar-refractivity contribution in [1.82, 2.24) is 9.80 Å². The number of piperidine rings is 1. The fourth-order valence-electron chi connectivity index (χ4n) is 2.82. The van der Waals surface area contributed by atoms with Gasteiger partial charge in [0.1, 0.15) is 0 Å². The van der Waals surface area contributed by atoms with Gasteiger partial charge < -0.3 is 14.9 Å². The number of hydrogen-bond donors (Lipinski definition) is 1. The van der Waals surface area contributed by atoms with E-state index in [4.69, 9.17) is 5.11 Å². The van der Waals surface area contributed by atoms with Crippen molar-refractivity contribution in [3.8, 4) is 0 Å². The van der Waals surface area contributed by atoms with Crippen LogP contribution in [0.1, 0.15) is 38.5 Å². The second kappa shape index (κ2) is 6.91. The Morgan fingerprint density at radius 2 is 1.71 bits per heavy atom. The topological polar surface area (TPSA) is 77.9 Å². The SMILES string of the molecule is CN(CCCC(=O)O)C(=O)C1CCN(C(=O)C2CC2)CC1. The van der Waals surface area contributed by atoms with E-state index in [0.29, 0.717) is 26.1 Å². The number of likely N-dealkylation sites (tertiary alicyclic amines) is 1. The van der Waals surface area contributed by atoms with Gasteiger partial charge in [-0.15, -0.1) is 0 Å². The van der Waals surface area contributed by atoms with Crippen molar-refractivity contribution < 1.29 is 19.5 Å². The maximum Gasteiger partial charge on any atom is 0.303 e. The molecule has 6 heteroatoms. The highest BCUT2D eigenvalue weighted by molar-refractivity contribution is 5.82. The first-order chi connectivity index (χ1) is 9.99. The highest BCUT2D eigenvalue weighted by Gasteiger charge is 2.36. The Kier molecular flexibility index (Phi) is 5.20. The lowest BCUT2D eigenvalue weighted by Gasteiger charge is -2.33. The van der Waals surface area contributed by atoms with Crippen LogP contribution in [0.15, 0.2) is 0 Å². The molecule has 0 atom stereocenters. The van der Waals surface area contributed by atoms with Gasteiger partial charge in [0.15, 0.2) is 0 Å². The van der Waals surface area contributed by atoms with Gasteiger partial charge in [-0.05, 0) is 32.1 Å². The van der Waals surface area contributed by atoms with Crippen LogP contribution in [-0.4, -0.2) is 59.4 Å². The molecule has 1 N–H and O–H groups in total. The van der Waals surface area contributed by atoms with Crippen LogP contribution in [0.5, 0.6) is 0 Å². The molecule has 118 valence electrons. The Bertz CT molecular complexity index is 412. The van der Waals surface area contributed by atoms with Crippen LogP contribution in [-0.2, 0) is 14.4 Å². The van der Waals surface area contributed by atoms with Gasteiger partial charge in [0.05, 0.1) is 0 Å². The maximum atomic E-state index is 12.3. The Morgan fingerprint density at radius 1 is 1.10 bits per heavy atom. The minimum absolute atomic E-state index is 0.0249. The van der Waals surface area contributed by atoms with Gasteiger partial charge in [-0.2, -0.15) is 0 Å². The molecule has 1 saturated heterocycles. The van der Waals surface area contributed by atoms with Crippen LogP contribution in [0.2, 0.25) is 0 Å². The van der Waals surface area contributed by atoms with Crippen LogP contribution in [0.4, 0.5) is 0 Å². The Morgan fingerprint density at radius 3 is 2.24 bits per heavy atom. The number of hydrogen-bond acceptors (Lipinski definition) is 3. The molecule has 1 heterocycles. The molecule has 0 aromatic carbocycles. The fraction of sp³-hybridized carbons (Fsp3) is 0.800. The van der Waals surface area contributed by atoms with Gasteiger partial charge in [0, 0.05) is 44.9 Å². The summed E-state index contributed by atoms with van der Waals surface area (Å²) in [6.07, 6.45) is 4.05. The summed E-state index contributed by atoms with van der Waals surface area (Å²) < 4.78 is 0. The summed E-state index contributed by atoms with van der Waals surface area (Å²) in [6.45, 7) is 1.83. The normalized spacial score (nSPS) is 19.4. The zero-order valence-corrected chi connectivity index (χ0v) is 12.6. The summed E-state index contributed by atoms with van der Waals surface area (Å²) in [5.41, 5.74) is 0. The third-order valence-electron chi connectivity index (χ3n) is 4.34. The summed E-state index contributed by atoms with van der Waals surface area (Å²) in [7, 11) is 1.73. The molecule has 2 fully saturated rings. The summed E-state index contributed by atoms with van der Waals surface area (Å²) in [6, 6.07) is 0. The molecular formula is C15H24N2O4. The summed E-state index contributed by atoms with van der Waals surface area (Å²) in [4.78, 5) is 38.2. The van der Waals surface area contributed by atoms with E-state index in [1.165, 1.54) is 0 Å². The molecule has 1 aliphatic heterocycles. The van der Waals surface area contributed by atoms with Crippen molar-refractivity contribution in [3.63, 3.8) is 0 Å². The number of carbonyl (C=O) groups excluding carboxylic acids is 2. The molecule has 1 aliphatic carbocycles. The number of carboxylic acid groups (broad SMARTS) is 1. The van der Waals surface area contributed by atoms with Gasteiger partial charge in [0.2, 0.25) is 11.8 Å². The zero-order valence-electron chi connectivity index (χ0n) is 12.6. The van der Waals surface area contributed by atoms with E-state index in [-0.39, 0.29) is 30.1 Å². The van der Waals surface area contributed by atoms with Crippen molar-refractivity contribution >= 4 is 17.8 Å². The minimum atomic E-state index is -0.831. The highest BCUT2D eigenvalue weighted by Crippen LogP contribution is 2.32. The maximum absolute atomic E-state index is 12.3. The Labute approximate surface area is 125 Å². The average molecular weight is 296 g/mol. The van der Waals surface area contributed by atoms with Crippen LogP contribution in [0.3, 0.4) is 0 Å². The van der Waals surface area contributed by atoms with Gasteiger partial charge in [-0.1, -0.05) is 0 Å². The van der Waals surface area contributed by atoms with E-state index in [2.05, 4.69) is 0 Å². The standard InChI is InChI=1S/C15H24N2O4/c1-16(8-2-3-13(18)19)14(20)12-6-9-17(10-7-12)15(21)11-4-5-11/h11-12H,2-10H2,1H3,(H,18,19). The molecule has 2 aliphatic rings. The monoisotopic (exact) mass is 296 g/mol. The van der Waals surface area contributed by atoms with Crippen LogP contribution in [0.25, 0.3) is 0 Å². The second-order valence-electron chi connectivity index (χ2n) is 6.13. The van der Waals surface area contributed by atoms with E-state index in [1.54, 1.807) is 11.9 Å². The quantitative estimate of drug-likeness (QED) is 0.792. The Hall–Kier alpha value is -1.59. The third-order valence-corrected chi connectivity index (χ3v) is 4.34. The zero-order chi connectivity index (χ0) is 15.4. The van der Waals surface area contributed by atoms with Crippen LogP contribution < -0.4 is 0 Å². The molecule has 0 aromatic rings. The van der Waals surface area contributed by atoms with Crippen LogP contribution in [0, 0.1) is 11.8 Å². The fourth-order valence-corrected chi connectivity index (χ4v) is 2.82. The third kappa shape index (κ3) is 4.44. The molecule has 6 nitrogen and oxygen atoms in total. The largest absolute Gasteiger partial charge is 0.481 e. The van der Waals surface area contributed by atoms with Crippen molar-refractivity contribution in [2.75, 3.05) is 26.7 Å². The van der Waals surface area contributed by atoms with E-state index in [0.717, 1.165) is 25.7 Å². The van der Waals surface area contributed by atoms with Crippen LogP contribution >= 0.6 is 0 Å². The molecule has 0 bridgehead atoms. The second-order valence-corrected chi connectivity index (χ2v) is 6.13. The van der Waals surface area contributed by atoms with Gasteiger partial charge in [0.25, 0.3) is 0 Å². The molecule has 2 amide bonds. The lowest BCUT2D eigenvalue weighted by molar-refractivity contribution is -0.141. The molecule has 21 heavy (non-hydrogen) atoms. The summed E-state index contributed by atoms with van der Waals surface area (Å²) in [5.74, 6) is -0.267. The number of rotatable bonds is 6. The number of carboxylic acids is 1. The number of aliphatic carboxylic acids is 1. The predicted molar refractivity (Wildman–Crippen MR) is 76.5 cm³/mol. The van der Waals surface area contributed by atoms with Crippen molar-refractivity contribution in [3.05, 3.63) is 0 Å². The summed E-state index contributed by atoms with van der Waals surface area (Å²) >= 11 is 0. The smallest absolute Gasteiger partial charge is 0.303 e. The molecule has 0 radical (unpaired) electrons. The number of amides is 2. The molecule has 0 unspecified atom stereocenters. The first-order valence-electron chi connectivity index (χ1n) is 7.74. The van der Waals surface area contributed by atoms with Crippen molar-refractivity contribution in [1.29, 1.82) is 0 Å². The average Bonchev–Trinajstić information content (AvgIpc) is 3.30. The Balaban J connectivity index is 1.71. The summed E-state index contributed by atoms with van der Waals surface area (Å²) in [5, 5.41) is 8.60. The highest BCUT2D eigenvalue weighted by atomic mass is 16.4. The molecule has 2 rings (SSSR count). The molecule has 0 spiro atoms. The molecule has 0 aromatic heterocycles. The lowest BCUT2D eigenvalue weighted by Crippen LogP contribution is -2.44. The minimum Gasteiger partial charge on any atom is -0.481 e. The molecule has 1 saturated carbocycles. The van der Waals surface area contributed by atoms with Gasteiger partial charge in [-0.3, -0.25) is 14.4 Å². The van der Waals surface area contributed by atoms with E-state index in [9.17, 15) is 14.4 Å². The van der Waals surface area contributed by atoms with E-state index < -0.39 is 5.97 Å². The predicted octanol–water partition coefficient (Wildman–Crippen LogP) is 0.958. The number of nitrogens with zero attached hydrogens (tertiary/aromatic N) is 2. The number of carbonyl (C=O) groups is 3. The van der Waals surface area contributed by atoms with E-state index >= 15 is 0 Å². The first kappa shape index (κ1) is 15.8.